The first kappa shape index (κ1) is 34.6. The number of allylic oxidation sites excluding steroid dienone is 4. The van der Waals surface area contributed by atoms with Crippen LogP contribution in [0.3, 0.4) is 0 Å². The Hall–Kier alpha value is -6.18. The molecule has 0 atom stereocenters. The molecule has 55 heavy (non-hydrogen) atoms. The van der Waals surface area contributed by atoms with E-state index in [9.17, 15) is 0 Å². The monoisotopic (exact) mass is 709 g/mol. The lowest BCUT2D eigenvalue weighted by Gasteiger charge is -2.30. The zero-order valence-corrected chi connectivity index (χ0v) is 32.7. The van der Waals surface area contributed by atoms with Gasteiger partial charge in [0.15, 0.2) is 0 Å². The second-order valence-electron chi connectivity index (χ2n) is 16.1. The largest absolute Gasteiger partial charge is 0.310 e. The molecule has 9 rings (SSSR count). The van der Waals surface area contributed by atoms with Gasteiger partial charge in [0.1, 0.15) is 0 Å². The molecule has 1 nitrogen and oxygen atoms in total. The quantitative estimate of drug-likeness (QED) is 0.159. The Bertz CT molecular complexity index is 2640. The molecule has 0 aromatic heterocycles. The lowest BCUT2D eigenvalue weighted by atomic mass is 9.81. The van der Waals surface area contributed by atoms with Crippen molar-refractivity contribution in [2.75, 3.05) is 4.90 Å². The summed E-state index contributed by atoms with van der Waals surface area (Å²) in [6, 6.07) is 60.6. The van der Waals surface area contributed by atoms with E-state index >= 15 is 0 Å². The summed E-state index contributed by atoms with van der Waals surface area (Å²) in [5.41, 5.74) is 21.5. The third-order valence-electron chi connectivity index (χ3n) is 12.4. The highest BCUT2D eigenvalue weighted by Crippen LogP contribution is 2.53. The number of hydrogen-bond acceptors (Lipinski definition) is 1. The van der Waals surface area contributed by atoms with Crippen molar-refractivity contribution in [1.29, 1.82) is 0 Å². The van der Waals surface area contributed by atoms with E-state index in [1.807, 2.05) is 0 Å². The Kier molecular flexibility index (Phi) is 8.35. The predicted octanol–water partition coefficient (Wildman–Crippen LogP) is 15.1. The summed E-state index contributed by atoms with van der Waals surface area (Å²) in [7, 11) is 0. The number of fused-ring (bicyclic) bond motifs is 4. The molecule has 0 saturated carbocycles. The van der Waals surface area contributed by atoms with E-state index in [1.165, 1.54) is 77.9 Å². The minimum absolute atomic E-state index is 0.0419. The molecule has 7 aromatic rings. The van der Waals surface area contributed by atoms with Crippen LogP contribution in [0.15, 0.2) is 182 Å². The zero-order chi connectivity index (χ0) is 37.9. The Morgan fingerprint density at radius 3 is 1.76 bits per heavy atom. The first-order valence-corrected chi connectivity index (χ1v) is 19.6. The van der Waals surface area contributed by atoms with E-state index in [1.54, 1.807) is 0 Å². The van der Waals surface area contributed by atoms with Gasteiger partial charge in [0.25, 0.3) is 0 Å². The van der Waals surface area contributed by atoms with Gasteiger partial charge in [-0.3, -0.25) is 0 Å². The van der Waals surface area contributed by atoms with E-state index in [2.05, 4.69) is 222 Å². The van der Waals surface area contributed by atoms with Gasteiger partial charge in [-0.2, -0.15) is 0 Å². The van der Waals surface area contributed by atoms with Crippen LogP contribution in [0.2, 0.25) is 0 Å². The van der Waals surface area contributed by atoms with Crippen LogP contribution in [0.5, 0.6) is 0 Å². The van der Waals surface area contributed by atoms with Gasteiger partial charge in [0.2, 0.25) is 0 Å². The van der Waals surface area contributed by atoms with Crippen molar-refractivity contribution in [3.05, 3.63) is 204 Å². The second kappa shape index (κ2) is 13.3. The molecule has 2 aliphatic carbocycles. The van der Waals surface area contributed by atoms with E-state index in [0.717, 1.165) is 17.1 Å². The van der Waals surface area contributed by atoms with Crippen molar-refractivity contribution in [2.24, 2.45) is 0 Å². The van der Waals surface area contributed by atoms with Gasteiger partial charge >= 0.3 is 0 Å². The molecule has 0 unspecified atom stereocenters. The second-order valence-corrected chi connectivity index (χ2v) is 16.1. The van der Waals surface area contributed by atoms with Gasteiger partial charge in [-0.25, -0.2) is 0 Å². The van der Waals surface area contributed by atoms with E-state index in [0.29, 0.717) is 0 Å². The molecule has 0 fully saturated rings. The van der Waals surface area contributed by atoms with Crippen LogP contribution in [0.25, 0.3) is 50.1 Å². The van der Waals surface area contributed by atoms with Gasteiger partial charge in [-0.1, -0.05) is 173 Å². The minimum Gasteiger partial charge on any atom is -0.310 e. The number of anilines is 3. The lowest BCUT2D eigenvalue weighted by Crippen LogP contribution is -2.17. The Morgan fingerprint density at radius 2 is 1.04 bits per heavy atom. The number of rotatable bonds is 7. The summed E-state index contributed by atoms with van der Waals surface area (Å²) >= 11 is 0. The Morgan fingerprint density at radius 1 is 0.436 bits per heavy atom. The maximum atomic E-state index is 2.47. The van der Waals surface area contributed by atoms with Crippen LogP contribution in [0, 0.1) is 0 Å². The summed E-state index contributed by atoms with van der Waals surface area (Å²) in [4.78, 5) is 2.47. The molecule has 7 aromatic carbocycles. The van der Waals surface area contributed by atoms with Crippen LogP contribution >= 0.6 is 0 Å². The average Bonchev–Trinajstić information content (AvgIpc) is 3.57. The molecule has 0 bridgehead atoms. The van der Waals surface area contributed by atoms with Crippen molar-refractivity contribution >= 4 is 22.6 Å². The molecule has 0 amide bonds. The Balaban J connectivity index is 1.24. The molecule has 0 N–H and O–H groups in total. The fourth-order valence-electron chi connectivity index (χ4n) is 9.15. The molecule has 0 radical (unpaired) electrons. The number of hydrogen-bond donors (Lipinski definition) is 0. The van der Waals surface area contributed by atoms with E-state index in [4.69, 9.17) is 0 Å². The maximum absolute atomic E-state index is 2.47. The van der Waals surface area contributed by atoms with Crippen molar-refractivity contribution in [2.45, 2.75) is 52.4 Å². The molecule has 0 saturated heterocycles. The van der Waals surface area contributed by atoms with Crippen LogP contribution in [0.4, 0.5) is 17.1 Å². The van der Waals surface area contributed by atoms with Crippen molar-refractivity contribution in [3.8, 4) is 44.5 Å². The van der Waals surface area contributed by atoms with Gasteiger partial charge < -0.3 is 4.90 Å². The summed E-state index contributed by atoms with van der Waals surface area (Å²) in [5.74, 6) is 0. The van der Waals surface area contributed by atoms with Gasteiger partial charge in [0.05, 0.1) is 5.69 Å². The molecule has 1 heteroatoms. The minimum atomic E-state index is -0.0904. The molecule has 2 aliphatic rings. The highest BCUT2D eigenvalue weighted by Gasteiger charge is 2.37. The van der Waals surface area contributed by atoms with Crippen LogP contribution < -0.4 is 4.90 Å². The maximum Gasteiger partial charge on any atom is 0.0540 e. The summed E-state index contributed by atoms with van der Waals surface area (Å²) in [5, 5.41) is 0. The van der Waals surface area contributed by atoms with Crippen LogP contribution in [-0.2, 0) is 10.8 Å². The first-order chi connectivity index (χ1) is 26.7. The fraction of sp³-hybridized carbons (Fsp3) is 0.148. The molecule has 0 heterocycles. The zero-order valence-electron chi connectivity index (χ0n) is 32.7. The lowest BCUT2D eigenvalue weighted by molar-refractivity contribution is 0.639. The SMILES string of the molecule is C/C=C\C1=C(C)C(C)(C)c2cc(N(c3ccc(-c4cccc5c4-c4ccccc4C5(C)C)cc3)c3ccc(-c4ccccc4)cc3-c3ccccc3)ccc21. The first-order valence-electron chi connectivity index (χ1n) is 19.6. The number of benzene rings is 7. The predicted molar refractivity (Wildman–Crippen MR) is 235 cm³/mol. The number of nitrogens with zero attached hydrogens (tertiary/aromatic N) is 1. The fourth-order valence-corrected chi connectivity index (χ4v) is 9.15. The molecule has 0 aliphatic heterocycles. The Labute approximate surface area is 327 Å². The van der Waals surface area contributed by atoms with Crippen LogP contribution in [-0.4, -0.2) is 0 Å². The molecular formula is C54H47N. The summed E-state index contributed by atoms with van der Waals surface area (Å²) in [6.07, 6.45) is 4.43. The topological polar surface area (TPSA) is 3.24 Å². The highest BCUT2D eigenvalue weighted by molar-refractivity contribution is 5.95. The summed E-state index contributed by atoms with van der Waals surface area (Å²) in [6.45, 7) is 13.8. The third kappa shape index (κ3) is 5.61. The smallest absolute Gasteiger partial charge is 0.0540 e. The van der Waals surface area contributed by atoms with Crippen molar-refractivity contribution in [3.63, 3.8) is 0 Å². The van der Waals surface area contributed by atoms with Gasteiger partial charge in [-0.15, -0.1) is 0 Å². The van der Waals surface area contributed by atoms with Crippen LogP contribution in [0.1, 0.15) is 63.8 Å². The molecule has 0 spiro atoms. The van der Waals surface area contributed by atoms with Gasteiger partial charge in [-0.05, 0) is 117 Å². The highest BCUT2D eigenvalue weighted by atomic mass is 15.1. The normalized spacial score (nSPS) is 14.9. The van der Waals surface area contributed by atoms with Gasteiger partial charge in [0, 0.05) is 27.8 Å². The third-order valence-corrected chi connectivity index (χ3v) is 12.4. The van der Waals surface area contributed by atoms with E-state index in [-0.39, 0.29) is 10.8 Å². The summed E-state index contributed by atoms with van der Waals surface area (Å²) < 4.78 is 0. The van der Waals surface area contributed by atoms with E-state index < -0.39 is 0 Å². The van der Waals surface area contributed by atoms with Crippen molar-refractivity contribution in [1.82, 2.24) is 0 Å². The molecule has 268 valence electrons. The molecular weight excluding hydrogens is 663 g/mol. The average molecular weight is 710 g/mol. The van der Waals surface area contributed by atoms with Crippen molar-refractivity contribution < 1.29 is 0 Å². The standard InChI is InChI=1S/C54H47N/c1-7-17-43-36(2)53(3,4)50-35-42(31-32-45(43)50)55(51-33-28-40(37-18-10-8-11-19-37)34-47(51)38-20-12-9-13-21-38)41-29-26-39(27-30-41)44-23-16-25-49-52(44)46-22-14-15-24-48(46)54(49,5)6/h7-35H,1-6H3/b17-7-.